The number of carbonyl (C=O) groups is 1. The van der Waals surface area contributed by atoms with Crippen LogP contribution in [0.15, 0.2) is 41.4 Å². The van der Waals surface area contributed by atoms with Crippen LogP contribution < -0.4 is 0 Å². The van der Waals surface area contributed by atoms with Gasteiger partial charge in [0.2, 0.25) is 0 Å². The van der Waals surface area contributed by atoms with Crippen molar-refractivity contribution in [2.75, 3.05) is 0 Å². The van der Waals surface area contributed by atoms with Crippen molar-refractivity contribution in [2.24, 2.45) is 4.99 Å². The molecule has 15 heavy (non-hydrogen) atoms. The van der Waals surface area contributed by atoms with Crippen LogP contribution in [0.2, 0.25) is 0 Å². The second-order valence-electron chi connectivity index (χ2n) is 3.43. The lowest BCUT2D eigenvalue weighted by Crippen LogP contribution is -1.93. The molecule has 1 aliphatic heterocycles. The van der Waals surface area contributed by atoms with E-state index in [1.54, 1.807) is 6.08 Å². The Morgan fingerprint density at radius 3 is 2.80 bits per heavy atom. The van der Waals surface area contributed by atoms with Gasteiger partial charge in [0.15, 0.2) is 0 Å². The van der Waals surface area contributed by atoms with Gasteiger partial charge in [0, 0.05) is 17.1 Å². The lowest BCUT2D eigenvalue weighted by molar-refractivity contribution is -0.112. The average Bonchev–Trinajstić information content (AvgIpc) is 2.82. The molecule has 0 radical (unpaired) electrons. The highest BCUT2D eigenvalue weighted by atomic mass is 16.1. The van der Waals surface area contributed by atoms with Gasteiger partial charge < -0.3 is 4.98 Å². The smallest absolute Gasteiger partial charge is 0.279 e. The SMILES string of the molecule is O=C1N=CC=C1c1cc2ccccc2[nH]1. The van der Waals surface area contributed by atoms with Crippen molar-refractivity contribution in [3.63, 3.8) is 0 Å². The van der Waals surface area contributed by atoms with E-state index < -0.39 is 0 Å². The maximum atomic E-state index is 11.4. The normalized spacial score (nSPS) is 14.9. The minimum Gasteiger partial charge on any atom is -0.354 e. The van der Waals surface area contributed by atoms with E-state index in [1.165, 1.54) is 6.21 Å². The highest BCUT2D eigenvalue weighted by Gasteiger charge is 2.15. The number of hydrogen-bond acceptors (Lipinski definition) is 1. The number of aromatic amines is 1. The Labute approximate surface area is 86.1 Å². The van der Waals surface area contributed by atoms with E-state index in [0.717, 1.165) is 16.6 Å². The van der Waals surface area contributed by atoms with Crippen molar-refractivity contribution < 1.29 is 4.79 Å². The number of hydrogen-bond donors (Lipinski definition) is 1. The molecule has 2 heterocycles. The summed E-state index contributed by atoms with van der Waals surface area (Å²) < 4.78 is 0. The van der Waals surface area contributed by atoms with E-state index in [9.17, 15) is 4.79 Å². The van der Waals surface area contributed by atoms with Crippen LogP contribution in [0.1, 0.15) is 5.69 Å². The fourth-order valence-corrected chi connectivity index (χ4v) is 1.74. The van der Waals surface area contributed by atoms with Crippen LogP contribution in [-0.2, 0) is 4.79 Å². The van der Waals surface area contributed by atoms with Gasteiger partial charge in [-0.25, -0.2) is 4.99 Å². The standard InChI is InChI=1S/C12H8N2O/c15-12-9(5-6-13-12)11-7-8-3-1-2-4-10(8)14-11/h1-7,14H. The van der Waals surface area contributed by atoms with Gasteiger partial charge in [-0.1, -0.05) is 18.2 Å². The second kappa shape index (κ2) is 2.92. The minimum atomic E-state index is -0.179. The summed E-state index contributed by atoms with van der Waals surface area (Å²) in [6, 6.07) is 9.90. The zero-order valence-electron chi connectivity index (χ0n) is 7.90. The molecule has 0 atom stereocenters. The number of rotatable bonds is 1. The third kappa shape index (κ3) is 1.21. The predicted molar refractivity (Wildman–Crippen MR) is 59.8 cm³/mol. The quantitative estimate of drug-likeness (QED) is 0.746. The van der Waals surface area contributed by atoms with Crippen molar-refractivity contribution in [1.82, 2.24) is 4.98 Å². The molecule has 0 aliphatic carbocycles. The van der Waals surface area contributed by atoms with Crippen LogP contribution in [0.5, 0.6) is 0 Å². The molecule has 0 saturated heterocycles. The molecule has 1 aromatic heterocycles. The Bertz CT molecular complexity index is 572. The first kappa shape index (κ1) is 8.17. The summed E-state index contributed by atoms with van der Waals surface area (Å²) in [6.45, 7) is 0. The maximum absolute atomic E-state index is 11.4. The molecule has 2 aromatic rings. The van der Waals surface area contributed by atoms with Gasteiger partial charge in [-0.3, -0.25) is 4.79 Å². The summed E-state index contributed by atoms with van der Waals surface area (Å²) >= 11 is 0. The number of para-hydroxylation sites is 1. The fourth-order valence-electron chi connectivity index (χ4n) is 1.74. The van der Waals surface area contributed by atoms with Gasteiger partial charge in [-0.2, -0.15) is 0 Å². The first-order valence-corrected chi connectivity index (χ1v) is 4.71. The molecule has 3 rings (SSSR count). The number of allylic oxidation sites excluding steroid dienone is 1. The number of benzene rings is 1. The molecular formula is C12H8N2O. The van der Waals surface area contributed by atoms with Gasteiger partial charge in [0.1, 0.15) is 0 Å². The Morgan fingerprint density at radius 2 is 2.07 bits per heavy atom. The molecule has 0 saturated carbocycles. The van der Waals surface area contributed by atoms with Gasteiger partial charge in [-0.05, 0) is 18.2 Å². The molecule has 0 bridgehead atoms. The van der Waals surface area contributed by atoms with Gasteiger partial charge in [-0.15, -0.1) is 0 Å². The number of aromatic nitrogens is 1. The van der Waals surface area contributed by atoms with Crippen molar-refractivity contribution in [3.8, 4) is 0 Å². The van der Waals surface area contributed by atoms with Gasteiger partial charge >= 0.3 is 0 Å². The lowest BCUT2D eigenvalue weighted by Gasteiger charge is -1.92. The number of fused-ring (bicyclic) bond motifs is 1. The lowest BCUT2D eigenvalue weighted by atomic mass is 10.2. The number of nitrogens with zero attached hydrogens (tertiary/aromatic N) is 1. The molecule has 1 amide bonds. The monoisotopic (exact) mass is 196 g/mol. The Kier molecular flexibility index (Phi) is 1.59. The maximum Gasteiger partial charge on any atom is 0.279 e. The third-order valence-electron chi connectivity index (χ3n) is 2.48. The van der Waals surface area contributed by atoms with Crippen LogP contribution in [0.25, 0.3) is 16.5 Å². The number of aliphatic imine (C=N–C) groups is 1. The van der Waals surface area contributed by atoms with Gasteiger partial charge in [0.25, 0.3) is 5.91 Å². The summed E-state index contributed by atoms with van der Waals surface area (Å²) in [6.07, 6.45) is 3.26. The highest BCUT2D eigenvalue weighted by molar-refractivity contribution is 6.28. The summed E-state index contributed by atoms with van der Waals surface area (Å²) in [7, 11) is 0. The van der Waals surface area contributed by atoms with Crippen LogP contribution >= 0.6 is 0 Å². The summed E-state index contributed by atoms with van der Waals surface area (Å²) in [4.78, 5) is 18.3. The Morgan fingerprint density at radius 1 is 1.20 bits per heavy atom. The first-order chi connectivity index (χ1) is 7.34. The first-order valence-electron chi connectivity index (χ1n) is 4.71. The van der Waals surface area contributed by atoms with E-state index in [4.69, 9.17) is 0 Å². The van der Waals surface area contributed by atoms with Crippen LogP contribution in [-0.4, -0.2) is 17.1 Å². The van der Waals surface area contributed by atoms with E-state index >= 15 is 0 Å². The Balaban J connectivity index is 2.17. The number of amides is 1. The summed E-state index contributed by atoms with van der Waals surface area (Å²) in [5.74, 6) is -0.179. The number of H-pyrrole nitrogens is 1. The molecule has 3 heteroatoms. The zero-order chi connectivity index (χ0) is 10.3. The molecule has 72 valence electrons. The Hall–Kier alpha value is -2.16. The average molecular weight is 196 g/mol. The molecule has 3 nitrogen and oxygen atoms in total. The molecule has 0 unspecified atom stereocenters. The van der Waals surface area contributed by atoms with Crippen LogP contribution in [0.3, 0.4) is 0 Å². The third-order valence-corrected chi connectivity index (χ3v) is 2.48. The molecule has 1 aromatic carbocycles. The van der Waals surface area contributed by atoms with E-state index in [1.807, 2.05) is 30.3 Å². The molecule has 0 spiro atoms. The van der Waals surface area contributed by atoms with Crippen molar-refractivity contribution in [3.05, 3.63) is 42.1 Å². The van der Waals surface area contributed by atoms with E-state index in [-0.39, 0.29) is 5.91 Å². The van der Waals surface area contributed by atoms with Crippen molar-refractivity contribution in [2.45, 2.75) is 0 Å². The van der Waals surface area contributed by atoms with Crippen molar-refractivity contribution in [1.29, 1.82) is 0 Å². The number of nitrogens with one attached hydrogen (secondary N) is 1. The fraction of sp³-hybridized carbons (Fsp3) is 0. The summed E-state index contributed by atoms with van der Waals surface area (Å²) in [5, 5.41) is 1.10. The zero-order valence-corrected chi connectivity index (χ0v) is 7.90. The van der Waals surface area contributed by atoms with Crippen LogP contribution in [0.4, 0.5) is 0 Å². The highest BCUT2D eigenvalue weighted by Crippen LogP contribution is 2.22. The topological polar surface area (TPSA) is 45.2 Å². The molecule has 1 aliphatic rings. The molecular weight excluding hydrogens is 188 g/mol. The van der Waals surface area contributed by atoms with Gasteiger partial charge in [0.05, 0.1) is 11.3 Å². The minimum absolute atomic E-state index is 0.179. The van der Waals surface area contributed by atoms with Crippen molar-refractivity contribution >= 4 is 28.6 Å². The van der Waals surface area contributed by atoms with Crippen LogP contribution in [0, 0.1) is 0 Å². The summed E-state index contributed by atoms with van der Waals surface area (Å²) in [5.41, 5.74) is 2.50. The largest absolute Gasteiger partial charge is 0.354 e. The number of carbonyl (C=O) groups excluding carboxylic acids is 1. The van der Waals surface area contributed by atoms with E-state index in [0.29, 0.717) is 5.57 Å². The molecule has 0 fully saturated rings. The molecule has 1 N–H and O–H groups in total. The van der Waals surface area contributed by atoms with E-state index in [2.05, 4.69) is 9.98 Å². The predicted octanol–water partition coefficient (Wildman–Crippen LogP) is 2.16. The second-order valence-corrected chi connectivity index (χ2v) is 3.43.